The lowest BCUT2D eigenvalue weighted by molar-refractivity contribution is 0.193. The molecule has 1 aromatic heterocycles. The van der Waals surface area contributed by atoms with Gasteiger partial charge in [0.05, 0.1) is 27.0 Å². The van der Waals surface area contributed by atoms with E-state index in [0.29, 0.717) is 35.4 Å². The van der Waals surface area contributed by atoms with Crippen LogP contribution < -0.4 is 19.5 Å². The van der Waals surface area contributed by atoms with Crippen molar-refractivity contribution < 1.29 is 23.5 Å². The first-order chi connectivity index (χ1) is 15.1. The van der Waals surface area contributed by atoms with Gasteiger partial charge in [0.25, 0.3) is 0 Å². The molecule has 2 amide bonds. The number of hydrogen-bond donors (Lipinski definition) is 1. The number of hydrogen-bond acceptors (Lipinski definition) is 7. The number of rotatable bonds is 6. The lowest BCUT2D eigenvalue weighted by Crippen LogP contribution is -2.34. The van der Waals surface area contributed by atoms with Gasteiger partial charge in [-0.25, -0.2) is 4.79 Å². The van der Waals surface area contributed by atoms with E-state index in [4.69, 9.17) is 18.7 Å². The summed E-state index contributed by atoms with van der Waals surface area (Å²) in [6.45, 7) is 0.586. The molecule has 1 aliphatic heterocycles. The average molecular weight is 424 g/mol. The molecule has 1 atom stereocenters. The minimum absolute atomic E-state index is 0.266. The molecule has 0 radical (unpaired) electrons. The normalized spacial score (nSPS) is 15.6. The predicted octanol–water partition coefficient (Wildman–Crippen LogP) is 4.13. The van der Waals surface area contributed by atoms with E-state index in [1.165, 1.54) is 0 Å². The molecule has 4 rings (SSSR count). The second-order valence-corrected chi connectivity index (χ2v) is 7.03. The fourth-order valence-corrected chi connectivity index (χ4v) is 3.59. The summed E-state index contributed by atoms with van der Waals surface area (Å²) in [5.74, 6) is 2.80. The van der Waals surface area contributed by atoms with Crippen molar-refractivity contribution in [1.29, 1.82) is 0 Å². The molecule has 1 fully saturated rings. The Morgan fingerprint density at radius 2 is 1.81 bits per heavy atom. The molecule has 9 heteroatoms. The number of carbonyl (C=O) groups excluding carboxylic acids is 1. The molecule has 31 heavy (non-hydrogen) atoms. The maximum atomic E-state index is 13.0. The van der Waals surface area contributed by atoms with Crippen molar-refractivity contribution >= 4 is 11.7 Å². The van der Waals surface area contributed by atoms with Crippen LogP contribution in [0.1, 0.15) is 24.8 Å². The van der Waals surface area contributed by atoms with Crippen molar-refractivity contribution in [2.45, 2.75) is 18.9 Å². The summed E-state index contributed by atoms with van der Waals surface area (Å²) in [6, 6.07) is 12.1. The molecule has 2 heterocycles. The molecule has 2 aromatic carbocycles. The van der Waals surface area contributed by atoms with Crippen LogP contribution in [0.15, 0.2) is 47.0 Å². The molecule has 3 aromatic rings. The van der Waals surface area contributed by atoms with E-state index in [2.05, 4.69) is 15.5 Å². The van der Waals surface area contributed by atoms with Gasteiger partial charge in [0.15, 0.2) is 0 Å². The van der Waals surface area contributed by atoms with Gasteiger partial charge in [0.1, 0.15) is 23.3 Å². The van der Waals surface area contributed by atoms with Crippen molar-refractivity contribution in [1.82, 2.24) is 15.0 Å². The van der Waals surface area contributed by atoms with Gasteiger partial charge in [-0.2, -0.15) is 4.98 Å². The van der Waals surface area contributed by atoms with Crippen LogP contribution in [0.3, 0.4) is 0 Å². The van der Waals surface area contributed by atoms with E-state index in [0.717, 1.165) is 24.2 Å². The molecule has 1 saturated heterocycles. The molecule has 0 spiro atoms. The van der Waals surface area contributed by atoms with Crippen molar-refractivity contribution in [2.75, 3.05) is 33.2 Å². The first-order valence-corrected chi connectivity index (χ1v) is 9.90. The lowest BCUT2D eigenvalue weighted by Gasteiger charge is -2.23. The maximum Gasteiger partial charge on any atom is 0.322 e. The Bertz CT molecular complexity index is 1050. The molecule has 1 N–H and O–H groups in total. The summed E-state index contributed by atoms with van der Waals surface area (Å²) in [4.78, 5) is 19.3. The first-order valence-electron chi connectivity index (χ1n) is 9.90. The zero-order chi connectivity index (χ0) is 21.8. The molecule has 1 aliphatic rings. The SMILES string of the molecule is COc1ccc(-c2noc([C@@H]3CCCN3C(=O)Nc3cc(OC)ccc3OC)n2)cc1. The summed E-state index contributed by atoms with van der Waals surface area (Å²) in [6.07, 6.45) is 1.58. The number of ether oxygens (including phenoxy) is 3. The quantitative estimate of drug-likeness (QED) is 0.635. The Balaban J connectivity index is 1.52. The van der Waals surface area contributed by atoms with Crippen molar-refractivity contribution in [2.24, 2.45) is 0 Å². The third-order valence-electron chi connectivity index (χ3n) is 5.24. The zero-order valence-electron chi connectivity index (χ0n) is 17.6. The standard InChI is InChI=1S/C22H24N4O5/c1-28-15-8-6-14(7-9-15)20-24-21(31-25-20)18-5-4-12-26(18)22(27)23-17-13-16(29-2)10-11-19(17)30-3/h6-11,13,18H,4-5,12H2,1-3H3,(H,23,27)/t18-/m0/s1. The van der Waals surface area contributed by atoms with Crippen LogP contribution in [0.4, 0.5) is 10.5 Å². The van der Waals surface area contributed by atoms with Crippen LogP contribution in [0, 0.1) is 0 Å². The molecule has 0 bridgehead atoms. The monoisotopic (exact) mass is 424 g/mol. The number of likely N-dealkylation sites (tertiary alicyclic amines) is 1. The van der Waals surface area contributed by atoms with Gasteiger partial charge >= 0.3 is 6.03 Å². The third kappa shape index (κ3) is 4.25. The lowest BCUT2D eigenvalue weighted by atomic mass is 10.2. The van der Waals surface area contributed by atoms with Crippen molar-refractivity contribution in [3.8, 4) is 28.6 Å². The largest absolute Gasteiger partial charge is 0.497 e. The van der Waals surface area contributed by atoms with Gasteiger partial charge < -0.3 is 29.0 Å². The number of urea groups is 1. The Kier molecular flexibility index (Phi) is 5.92. The topological polar surface area (TPSA) is 99.0 Å². The number of benzene rings is 2. The summed E-state index contributed by atoms with van der Waals surface area (Å²) in [7, 11) is 4.73. The van der Waals surface area contributed by atoms with Gasteiger partial charge in [-0.3, -0.25) is 0 Å². The fraction of sp³-hybridized carbons (Fsp3) is 0.318. The smallest absolute Gasteiger partial charge is 0.322 e. The first kappa shape index (κ1) is 20.5. The van der Waals surface area contributed by atoms with Crippen LogP contribution in [0.5, 0.6) is 17.2 Å². The van der Waals surface area contributed by atoms with Crippen LogP contribution in [-0.4, -0.2) is 48.9 Å². The Labute approximate surface area is 179 Å². The number of carbonyl (C=O) groups is 1. The molecule has 0 unspecified atom stereocenters. The van der Waals surface area contributed by atoms with Crippen LogP contribution >= 0.6 is 0 Å². The van der Waals surface area contributed by atoms with E-state index in [1.54, 1.807) is 44.4 Å². The summed E-state index contributed by atoms with van der Waals surface area (Å²) < 4.78 is 21.3. The van der Waals surface area contributed by atoms with Crippen molar-refractivity contribution in [3.05, 3.63) is 48.4 Å². The summed E-state index contributed by atoms with van der Waals surface area (Å²) in [5, 5.41) is 7.00. The highest BCUT2D eigenvalue weighted by molar-refractivity contribution is 5.91. The van der Waals surface area contributed by atoms with Gasteiger partial charge in [-0.05, 0) is 49.2 Å². The molecule has 0 saturated carbocycles. The number of nitrogens with zero attached hydrogens (tertiary/aromatic N) is 3. The summed E-state index contributed by atoms with van der Waals surface area (Å²) in [5.41, 5.74) is 1.34. The number of anilines is 1. The second kappa shape index (κ2) is 8.95. The van der Waals surface area contributed by atoms with E-state index >= 15 is 0 Å². The fourth-order valence-electron chi connectivity index (χ4n) is 3.59. The van der Waals surface area contributed by atoms with E-state index in [1.807, 2.05) is 24.3 Å². The van der Waals surface area contributed by atoms with E-state index < -0.39 is 0 Å². The number of methoxy groups -OCH3 is 3. The highest BCUT2D eigenvalue weighted by Gasteiger charge is 2.34. The van der Waals surface area contributed by atoms with Crippen LogP contribution in [0.25, 0.3) is 11.4 Å². The predicted molar refractivity (Wildman–Crippen MR) is 114 cm³/mol. The molecular weight excluding hydrogens is 400 g/mol. The minimum atomic E-state index is -0.295. The van der Waals surface area contributed by atoms with E-state index in [-0.39, 0.29) is 12.1 Å². The molecule has 162 valence electrons. The van der Waals surface area contributed by atoms with Gasteiger partial charge in [-0.1, -0.05) is 5.16 Å². The van der Waals surface area contributed by atoms with Crippen molar-refractivity contribution in [3.63, 3.8) is 0 Å². The van der Waals surface area contributed by atoms with Gasteiger partial charge in [-0.15, -0.1) is 0 Å². The van der Waals surface area contributed by atoms with Crippen LogP contribution in [0.2, 0.25) is 0 Å². The number of nitrogens with one attached hydrogen (secondary N) is 1. The summed E-state index contributed by atoms with van der Waals surface area (Å²) >= 11 is 0. The zero-order valence-corrected chi connectivity index (χ0v) is 17.6. The Morgan fingerprint density at radius 1 is 1.06 bits per heavy atom. The highest BCUT2D eigenvalue weighted by atomic mass is 16.5. The average Bonchev–Trinajstić information content (AvgIpc) is 3.48. The number of amides is 2. The van der Waals surface area contributed by atoms with Gasteiger partial charge in [0.2, 0.25) is 11.7 Å². The Hall–Kier alpha value is -3.75. The van der Waals surface area contributed by atoms with E-state index in [9.17, 15) is 4.79 Å². The molecular formula is C22H24N4O5. The number of aromatic nitrogens is 2. The Morgan fingerprint density at radius 3 is 2.52 bits per heavy atom. The highest BCUT2D eigenvalue weighted by Crippen LogP contribution is 2.34. The molecule has 0 aliphatic carbocycles. The minimum Gasteiger partial charge on any atom is -0.497 e. The van der Waals surface area contributed by atoms with Gasteiger partial charge in [0, 0.05) is 18.2 Å². The van der Waals surface area contributed by atoms with Crippen LogP contribution in [-0.2, 0) is 0 Å². The second-order valence-electron chi connectivity index (χ2n) is 7.03. The third-order valence-corrected chi connectivity index (χ3v) is 5.24. The maximum absolute atomic E-state index is 13.0. The molecule has 9 nitrogen and oxygen atoms in total.